The van der Waals surface area contributed by atoms with E-state index in [0.29, 0.717) is 0 Å². The first-order chi connectivity index (χ1) is 7.94. The Bertz CT molecular complexity index is 394. The van der Waals surface area contributed by atoms with E-state index in [1.165, 1.54) is 27.8 Å². The van der Waals surface area contributed by atoms with Gasteiger partial charge in [-0.2, -0.15) is 0 Å². The topological polar surface area (TPSA) is 12.0 Å². The lowest BCUT2D eigenvalue weighted by atomic mass is 10.2. The maximum absolute atomic E-state index is 3.59. The molecule has 94 valence electrons. The summed E-state index contributed by atoms with van der Waals surface area (Å²) in [4.78, 5) is 1.39. The molecule has 3 heteroatoms. The highest BCUT2D eigenvalue weighted by Gasteiger charge is 2.21. The first-order valence-corrected chi connectivity index (χ1v) is 7.76. The number of rotatable bonds is 4. The van der Waals surface area contributed by atoms with Gasteiger partial charge in [0.15, 0.2) is 0 Å². The van der Waals surface area contributed by atoms with E-state index in [4.69, 9.17) is 0 Å². The monoisotopic (exact) mass is 313 g/mol. The molecule has 2 rings (SSSR count). The maximum Gasteiger partial charge on any atom is 0.0219 e. The highest BCUT2D eigenvalue weighted by atomic mass is 79.9. The molecular weight excluding hydrogens is 294 g/mol. The van der Waals surface area contributed by atoms with Crippen molar-refractivity contribution in [3.63, 3.8) is 0 Å². The Labute approximate surface area is 117 Å². The smallest absolute Gasteiger partial charge is 0.0219 e. The fourth-order valence-corrected chi connectivity index (χ4v) is 3.27. The molecule has 1 saturated carbocycles. The number of hydrogen-bond acceptors (Lipinski definition) is 2. The van der Waals surface area contributed by atoms with Crippen molar-refractivity contribution in [2.24, 2.45) is 0 Å². The van der Waals surface area contributed by atoms with Crippen LogP contribution in [0.15, 0.2) is 27.6 Å². The maximum atomic E-state index is 3.59. The van der Waals surface area contributed by atoms with Crippen molar-refractivity contribution >= 4 is 27.7 Å². The van der Waals surface area contributed by atoms with Crippen LogP contribution in [0, 0.1) is 0 Å². The first kappa shape index (κ1) is 13.4. The van der Waals surface area contributed by atoms with Crippen LogP contribution in [0.5, 0.6) is 0 Å². The Kier molecular flexibility index (Phi) is 4.22. The van der Waals surface area contributed by atoms with Gasteiger partial charge in [0.25, 0.3) is 0 Å². The van der Waals surface area contributed by atoms with Crippen molar-refractivity contribution in [3.8, 4) is 0 Å². The summed E-state index contributed by atoms with van der Waals surface area (Å²) in [5, 5.41) is 3.59. The molecule has 0 bridgehead atoms. The molecule has 1 aliphatic rings. The van der Waals surface area contributed by atoms with Gasteiger partial charge in [0.05, 0.1) is 0 Å². The average molecular weight is 314 g/mol. The lowest BCUT2D eigenvalue weighted by Crippen LogP contribution is -2.16. The fourth-order valence-electron chi connectivity index (χ4n) is 1.64. The third-order valence-electron chi connectivity index (χ3n) is 2.60. The minimum absolute atomic E-state index is 0.259. The van der Waals surface area contributed by atoms with Gasteiger partial charge in [0.1, 0.15) is 0 Å². The number of hydrogen-bond donors (Lipinski definition) is 1. The normalized spacial score (nSPS) is 16.2. The van der Waals surface area contributed by atoms with Gasteiger partial charge in [-0.3, -0.25) is 0 Å². The molecule has 0 atom stereocenters. The zero-order chi connectivity index (χ0) is 12.5. The quantitative estimate of drug-likeness (QED) is 0.816. The summed E-state index contributed by atoms with van der Waals surface area (Å²) in [7, 11) is 0. The molecule has 1 aromatic carbocycles. The molecule has 1 aromatic rings. The molecule has 0 unspecified atom stereocenters. The van der Waals surface area contributed by atoms with Crippen molar-refractivity contribution in [2.45, 2.75) is 55.8 Å². The summed E-state index contributed by atoms with van der Waals surface area (Å²) in [5.41, 5.74) is 1.42. The molecular formula is C14H20BrNS. The molecule has 1 aliphatic carbocycles. The Hall–Kier alpha value is 0.01000. The van der Waals surface area contributed by atoms with Gasteiger partial charge in [0.2, 0.25) is 0 Å². The number of benzene rings is 1. The van der Waals surface area contributed by atoms with Gasteiger partial charge in [-0.05, 0) is 30.5 Å². The van der Waals surface area contributed by atoms with Crippen molar-refractivity contribution in [3.05, 3.63) is 28.2 Å². The van der Waals surface area contributed by atoms with Gasteiger partial charge >= 0.3 is 0 Å². The molecule has 0 aromatic heterocycles. The van der Waals surface area contributed by atoms with E-state index in [2.05, 4.69) is 60.2 Å². The Morgan fingerprint density at radius 2 is 2.06 bits per heavy atom. The van der Waals surface area contributed by atoms with Gasteiger partial charge in [-0.1, -0.05) is 42.8 Å². The van der Waals surface area contributed by atoms with E-state index in [1.807, 2.05) is 11.8 Å². The minimum atomic E-state index is 0.259. The highest BCUT2D eigenvalue weighted by molar-refractivity contribution is 9.10. The molecule has 1 fully saturated rings. The van der Waals surface area contributed by atoms with Crippen molar-refractivity contribution in [2.75, 3.05) is 0 Å². The van der Waals surface area contributed by atoms with Crippen LogP contribution in [0.4, 0.5) is 0 Å². The van der Waals surface area contributed by atoms with Gasteiger partial charge in [-0.25, -0.2) is 0 Å². The van der Waals surface area contributed by atoms with Crippen LogP contribution in [-0.4, -0.2) is 10.8 Å². The molecule has 0 heterocycles. The number of nitrogens with one attached hydrogen (secondary N) is 1. The summed E-state index contributed by atoms with van der Waals surface area (Å²) in [5.74, 6) is 0. The summed E-state index contributed by atoms with van der Waals surface area (Å²) in [6.45, 7) is 7.78. The highest BCUT2D eigenvalue weighted by Crippen LogP contribution is 2.36. The van der Waals surface area contributed by atoms with Crippen molar-refractivity contribution < 1.29 is 0 Å². The van der Waals surface area contributed by atoms with Crippen LogP contribution in [0.2, 0.25) is 0 Å². The van der Waals surface area contributed by atoms with Crippen LogP contribution in [0.1, 0.15) is 39.2 Å². The van der Waals surface area contributed by atoms with E-state index >= 15 is 0 Å². The predicted molar refractivity (Wildman–Crippen MR) is 79.6 cm³/mol. The third kappa shape index (κ3) is 4.65. The molecule has 17 heavy (non-hydrogen) atoms. The summed E-state index contributed by atoms with van der Waals surface area (Å²) in [6, 6.07) is 7.37. The van der Waals surface area contributed by atoms with Crippen LogP contribution in [-0.2, 0) is 6.54 Å². The SMILES string of the molecule is CC(C)(C)Sc1cc(Br)ccc1CNC1CC1. The molecule has 0 amide bonds. The minimum Gasteiger partial charge on any atom is -0.310 e. The first-order valence-electron chi connectivity index (χ1n) is 6.15. The van der Waals surface area contributed by atoms with E-state index < -0.39 is 0 Å². The lowest BCUT2D eigenvalue weighted by molar-refractivity contribution is 0.679. The summed E-state index contributed by atoms with van der Waals surface area (Å²) < 4.78 is 1.43. The molecule has 1 N–H and O–H groups in total. The number of halogens is 1. The van der Waals surface area contributed by atoms with Crippen LogP contribution < -0.4 is 5.32 Å². The van der Waals surface area contributed by atoms with Crippen LogP contribution in [0.3, 0.4) is 0 Å². The van der Waals surface area contributed by atoms with Gasteiger partial charge in [-0.15, -0.1) is 11.8 Å². The second kappa shape index (κ2) is 5.33. The lowest BCUT2D eigenvalue weighted by Gasteiger charge is -2.20. The molecule has 1 nitrogen and oxygen atoms in total. The van der Waals surface area contributed by atoms with E-state index in [0.717, 1.165) is 12.6 Å². The average Bonchev–Trinajstić information content (AvgIpc) is 2.97. The van der Waals surface area contributed by atoms with Crippen molar-refractivity contribution in [1.82, 2.24) is 5.32 Å². The molecule has 0 aliphatic heterocycles. The molecule has 0 radical (unpaired) electrons. The standard InChI is InChI=1S/C14H20BrNS/c1-14(2,3)17-13-8-11(15)5-4-10(13)9-16-12-6-7-12/h4-5,8,12,16H,6-7,9H2,1-3H3. The summed E-state index contributed by atoms with van der Waals surface area (Å²) >= 11 is 5.51. The third-order valence-corrected chi connectivity index (χ3v) is 4.31. The predicted octanol–water partition coefficient (Wildman–Crippen LogP) is 4.59. The van der Waals surface area contributed by atoms with Crippen LogP contribution in [0.25, 0.3) is 0 Å². The van der Waals surface area contributed by atoms with E-state index in [-0.39, 0.29) is 4.75 Å². The Morgan fingerprint density at radius 3 is 2.65 bits per heavy atom. The Morgan fingerprint density at radius 1 is 1.35 bits per heavy atom. The zero-order valence-electron chi connectivity index (χ0n) is 10.7. The van der Waals surface area contributed by atoms with Gasteiger partial charge < -0.3 is 5.32 Å². The van der Waals surface area contributed by atoms with Crippen LogP contribution >= 0.6 is 27.7 Å². The van der Waals surface area contributed by atoms with E-state index in [1.54, 1.807) is 0 Å². The van der Waals surface area contributed by atoms with E-state index in [9.17, 15) is 0 Å². The number of thioether (sulfide) groups is 1. The fraction of sp³-hybridized carbons (Fsp3) is 0.571. The second-order valence-corrected chi connectivity index (χ2v) is 8.41. The molecule has 0 saturated heterocycles. The Balaban J connectivity index is 2.11. The largest absolute Gasteiger partial charge is 0.310 e. The second-order valence-electron chi connectivity index (χ2n) is 5.62. The van der Waals surface area contributed by atoms with Gasteiger partial charge in [0, 0.05) is 26.7 Å². The summed E-state index contributed by atoms with van der Waals surface area (Å²) in [6.07, 6.45) is 2.69. The molecule has 0 spiro atoms. The zero-order valence-corrected chi connectivity index (χ0v) is 13.1. The van der Waals surface area contributed by atoms with Crippen molar-refractivity contribution in [1.29, 1.82) is 0 Å².